The highest BCUT2D eigenvalue weighted by Crippen LogP contribution is 2.27. The van der Waals surface area contributed by atoms with Crippen LogP contribution in [-0.4, -0.2) is 51.6 Å². The Morgan fingerprint density at radius 2 is 1.88 bits per heavy atom. The van der Waals surface area contributed by atoms with E-state index in [4.69, 9.17) is 15.2 Å². The minimum absolute atomic E-state index is 0.134. The summed E-state index contributed by atoms with van der Waals surface area (Å²) < 4.78 is 10.5. The molecule has 1 aliphatic carbocycles. The largest absolute Gasteiger partial charge is 0.355 e. The van der Waals surface area contributed by atoms with Gasteiger partial charge in [-0.2, -0.15) is 0 Å². The highest BCUT2D eigenvalue weighted by atomic mass is 16.7. The molecule has 0 aromatic rings. The second kappa shape index (κ2) is 7.22. The second-order valence-corrected chi connectivity index (χ2v) is 4.69. The number of methoxy groups -OCH3 is 2. The highest BCUT2D eigenvalue weighted by Gasteiger charge is 2.28. The summed E-state index contributed by atoms with van der Waals surface area (Å²) in [6.07, 6.45) is 5.01. The molecule has 1 fully saturated rings. The summed E-state index contributed by atoms with van der Waals surface area (Å²) in [5.41, 5.74) is 5.84. The van der Waals surface area contributed by atoms with Crippen molar-refractivity contribution >= 4 is 0 Å². The Balaban J connectivity index is 2.46. The fraction of sp³-hybridized carbons (Fsp3) is 1.00. The summed E-state index contributed by atoms with van der Waals surface area (Å²) in [6, 6.07) is 0.589. The van der Waals surface area contributed by atoms with E-state index in [2.05, 4.69) is 11.9 Å². The van der Waals surface area contributed by atoms with Gasteiger partial charge in [0.2, 0.25) is 0 Å². The molecule has 0 aliphatic heterocycles. The third-order valence-corrected chi connectivity index (χ3v) is 3.70. The fourth-order valence-electron chi connectivity index (χ4n) is 2.66. The quantitative estimate of drug-likeness (QED) is 0.693. The van der Waals surface area contributed by atoms with Crippen LogP contribution in [0.2, 0.25) is 0 Å². The third kappa shape index (κ3) is 3.70. The van der Waals surface area contributed by atoms with Crippen LogP contribution in [0.1, 0.15) is 25.7 Å². The van der Waals surface area contributed by atoms with Gasteiger partial charge in [0.25, 0.3) is 0 Å². The van der Waals surface area contributed by atoms with Crippen LogP contribution >= 0.6 is 0 Å². The van der Waals surface area contributed by atoms with Crippen LogP contribution in [0, 0.1) is 5.92 Å². The van der Waals surface area contributed by atoms with Gasteiger partial charge in [-0.05, 0) is 32.4 Å². The maximum atomic E-state index is 5.84. The Hall–Kier alpha value is -0.160. The zero-order chi connectivity index (χ0) is 12.0. The SMILES string of the molecule is COC(CN(C)C1CCCCC1CN)OC. The van der Waals surface area contributed by atoms with E-state index in [1.807, 2.05) is 0 Å². The maximum Gasteiger partial charge on any atom is 0.169 e. The van der Waals surface area contributed by atoms with E-state index < -0.39 is 0 Å². The molecule has 2 N–H and O–H groups in total. The number of ether oxygens (including phenoxy) is 2. The predicted molar refractivity (Wildman–Crippen MR) is 65.2 cm³/mol. The van der Waals surface area contributed by atoms with Gasteiger partial charge in [-0.25, -0.2) is 0 Å². The van der Waals surface area contributed by atoms with E-state index in [9.17, 15) is 0 Å². The van der Waals surface area contributed by atoms with Gasteiger partial charge in [0.15, 0.2) is 6.29 Å². The highest BCUT2D eigenvalue weighted by molar-refractivity contribution is 4.82. The predicted octanol–water partition coefficient (Wildman–Crippen LogP) is 1.05. The zero-order valence-electron chi connectivity index (χ0n) is 10.8. The van der Waals surface area contributed by atoms with Gasteiger partial charge < -0.3 is 15.2 Å². The molecule has 4 heteroatoms. The van der Waals surface area contributed by atoms with E-state index >= 15 is 0 Å². The number of nitrogens with zero attached hydrogens (tertiary/aromatic N) is 1. The van der Waals surface area contributed by atoms with Crippen LogP contribution in [0.25, 0.3) is 0 Å². The van der Waals surface area contributed by atoms with Crippen molar-refractivity contribution < 1.29 is 9.47 Å². The minimum atomic E-state index is -0.134. The lowest BCUT2D eigenvalue weighted by atomic mass is 9.84. The Kier molecular flexibility index (Phi) is 6.28. The van der Waals surface area contributed by atoms with E-state index in [1.165, 1.54) is 25.7 Å². The Labute approximate surface area is 99.1 Å². The molecule has 0 spiro atoms. The lowest BCUT2D eigenvalue weighted by molar-refractivity contribution is -0.120. The Bertz CT molecular complexity index is 186. The molecular formula is C12H26N2O2. The van der Waals surface area contributed by atoms with Gasteiger partial charge in [-0.3, -0.25) is 4.90 Å². The first-order valence-electron chi connectivity index (χ1n) is 6.18. The van der Waals surface area contributed by atoms with Crippen molar-refractivity contribution in [2.24, 2.45) is 11.7 Å². The fourth-order valence-corrected chi connectivity index (χ4v) is 2.66. The summed E-state index contributed by atoms with van der Waals surface area (Å²) in [6.45, 7) is 1.60. The molecular weight excluding hydrogens is 204 g/mol. The second-order valence-electron chi connectivity index (χ2n) is 4.69. The van der Waals surface area contributed by atoms with Crippen molar-refractivity contribution in [1.82, 2.24) is 4.90 Å². The van der Waals surface area contributed by atoms with Crippen LogP contribution in [0.4, 0.5) is 0 Å². The van der Waals surface area contributed by atoms with E-state index in [1.54, 1.807) is 14.2 Å². The van der Waals surface area contributed by atoms with Gasteiger partial charge in [0, 0.05) is 26.8 Å². The molecule has 0 amide bonds. The Morgan fingerprint density at radius 1 is 1.25 bits per heavy atom. The van der Waals surface area contributed by atoms with Gasteiger partial charge in [0.05, 0.1) is 0 Å². The molecule has 1 saturated carbocycles. The molecule has 2 atom stereocenters. The standard InChI is InChI=1S/C12H26N2O2/c1-14(9-12(15-2)16-3)11-7-5-4-6-10(11)8-13/h10-12H,4-9,13H2,1-3H3. The molecule has 16 heavy (non-hydrogen) atoms. The van der Waals surface area contributed by atoms with Crippen LogP contribution in [0.5, 0.6) is 0 Å². The monoisotopic (exact) mass is 230 g/mol. The number of nitrogens with two attached hydrogens (primary N) is 1. The van der Waals surface area contributed by atoms with Crippen molar-refractivity contribution in [2.45, 2.75) is 38.0 Å². The van der Waals surface area contributed by atoms with Gasteiger partial charge >= 0.3 is 0 Å². The van der Waals surface area contributed by atoms with Crippen LogP contribution in [-0.2, 0) is 9.47 Å². The lowest BCUT2D eigenvalue weighted by Crippen LogP contribution is -2.46. The number of hydrogen-bond acceptors (Lipinski definition) is 4. The lowest BCUT2D eigenvalue weighted by Gasteiger charge is -2.38. The van der Waals surface area contributed by atoms with Crippen molar-refractivity contribution in [3.63, 3.8) is 0 Å². The van der Waals surface area contributed by atoms with E-state index in [0.29, 0.717) is 12.0 Å². The average molecular weight is 230 g/mol. The molecule has 1 rings (SSSR count). The molecule has 1 aliphatic rings. The topological polar surface area (TPSA) is 47.7 Å². The van der Waals surface area contributed by atoms with Crippen LogP contribution in [0.15, 0.2) is 0 Å². The summed E-state index contributed by atoms with van der Waals surface area (Å²) in [5, 5.41) is 0. The summed E-state index contributed by atoms with van der Waals surface area (Å²) in [4.78, 5) is 2.34. The van der Waals surface area contributed by atoms with Crippen molar-refractivity contribution in [3.8, 4) is 0 Å². The molecule has 0 radical (unpaired) electrons. The van der Waals surface area contributed by atoms with Crippen molar-refractivity contribution in [2.75, 3.05) is 34.4 Å². The normalized spacial score (nSPS) is 26.6. The summed E-state index contributed by atoms with van der Waals surface area (Å²) in [7, 11) is 5.51. The average Bonchev–Trinajstić information content (AvgIpc) is 2.35. The van der Waals surface area contributed by atoms with E-state index in [0.717, 1.165) is 13.1 Å². The zero-order valence-corrected chi connectivity index (χ0v) is 10.8. The molecule has 0 saturated heterocycles. The Morgan fingerprint density at radius 3 is 2.44 bits per heavy atom. The number of likely N-dealkylation sites (N-methyl/N-ethyl adjacent to an activating group) is 1. The molecule has 0 aromatic carbocycles. The molecule has 0 bridgehead atoms. The summed E-state index contributed by atoms with van der Waals surface area (Å²) in [5.74, 6) is 0.633. The van der Waals surface area contributed by atoms with Crippen molar-refractivity contribution in [3.05, 3.63) is 0 Å². The van der Waals surface area contributed by atoms with Gasteiger partial charge in [-0.15, -0.1) is 0 Å². The van der Waals surface area contributed by atoms with Gasteiger partial charge in [-0.1, -0.05) is 12.8 Å². The first-order chi connectivity index (χ1) is 7.72. The van der Waals surface area contributed by atoms with Crippen molar-refractivity contribution in [1.29, 1.82) is 0 Å². The molecule has 0 heterocycles. The maximum absolute atomic E-state index is 5.84. The molecule has 4 nitrogen and oxygen atoms in total. The van der Waals surface area contributed by atoms with E-state index in [-0.39, 0.29) is 6.29 Å². The summed E-state index contributed by atoms with van der Waals surface area (Å²) >= 11 is 0. The van der Waals surface area contributed by atoms with Gasteiger partial charge in [0.1, 0.15) is 0 Å². The van der Waals surface area contributed by atoms with Crippen LogP contribution < -0.4 is 5.73 Å². The smallest absolute Gasteiger partial charge is 0.169 e. The first-order valence-corrected chi connectivity index (χ1v) is 6.18. The minimum Gasteiger partial charge on any atom is -0.355 e. The third-order valence-electron chi connectivity index (χ3n) is 3.70. The van der Waals surface area contributed by atoms with Crippen LogP contribution in [0.3, 0.4) is 0 Å². The molecule has 96 valence electrons. The first kappa shape index (κ1) is 13.9. The number of rotatable bonds is 6. The molecule has 2 unspecified atom stereocenters. The number of hydrogen-bond donors (Lipinski definition) is 1. The molecule has 0 aromatic heterocycles.